The lowest BCUT2D eigenvalue weighted by molar-refractivity contribution is -0.157. The minimum Gasteiger partial charge on any atom is -0.479 e. The first kappa shape index (κ1) is 19.9. The minimum absolute atomic E-state index is 0.0623. The molecule has 2 aromatic rings. The van der Waals surface area contributed by atoms with Crippen molar-refractivity contribution in [2.75, 3.05) is 6.26 Å². The molecule has 6 nitrogen and oxygen atoms in total. The van der Waals surface area contributed by atoms with Crippen molar-refractivity contribution >= 4 is 15.8 Å². The molecular formula is C16H14F3NO5S. The molecule has 1 atom stereocenters. The molecule has 2 rings (SSSR count). The van der Waals surface area contributed by atoms with E-state index in [1.807, 2.05) is 0 Å². The normalized spacial score (nSPS) is 14.7. The zero-order chi connectivity index (χ0) is 19.9. The SMILES string of the molecule is CC(O)(C(=O)O)c1ncc(C(F)(F)F)cc1-c1ccc(S(C)(=O)=O)cc1. The highest BCUT2D eigenvalue weighted by Crippen LogP contribution is 2.36. The van der Waals surface area contributed by atoms with E-state index in [-0.39, 0.29) is 16.0 Å². The summed E-state index contributed by atoms with van der Waals surface area (Å²) in [5, 5.41) is 19.3. The summed E-state index contributed by atoms with van der Waals surface area (Å²) in [6.45, 7) is 0.888. The fraction of sp³-hybridized carbons (Fsp3) is 0.250. The lowest BCUT2D eigenvalue weighted by Gasteiger charge is -2.22. The van der Waals surface area contributed by atoms with Gasteiger partial charge in [0.25, 0.3) is 0 Å². The van der Waals surface area contributed by atoms with Crippen LogP contribution in [0, 0.1) is 0 Å². The standard InChI is InChI=1S/C16H14F3NO5S/c1-15(23,14(21)22)13-12(7-10(8-20-13)16(17,18)19)9-3-5-11(6-4-9)26(2,24)25/h3-8,23H,1-2H3,(H,21,22). The molecule has 0 aliphatic rings. The van der Waals surface area contributed by atoms with E-state index in [1.165, 1.54) is 24.3 Å². The van der Waals surface area contributed by atoms with Crippen LogP contribution in [-0.2, 0) is 26.4 Å². The number of sulfone groups is 1. The van der Waals surface area contributed by atoms with Crippen LogP contribution in [0.1, 0.15) is 18.2 Å². The quantitative estimate of drug-likeness (QED) is 0.832. The maximum atomic E-state index is 13.0. The second-order valence-corrected chi connectivity index (χ2v) is 7.81. The molecule has 1 aromatic carbocycles. The first-order valence-corrected chi connectivity index (χ1v) is 8.97. The zero-order valence-corrected chi connectivity index (χ0v) is 14.4. The van der Waals surface area contributed by atoms with E-state index < -0.39 is 38.8 Å². The van der Waals surface area contributed by atoms with Crippen LogP contribution < -0.4 is 0 Å². The van der Waals surface area contributed by atoms with Crippen LogP contribution in [0.2, 0.25) is 0 Å². The molecule has 0 spiro atoms. The van der Waals surface area contributed by atoms with Crippen molar-refractivity contribution in [1.82, 2.24) is 4.98 Å². The molecule has 1 heterocycles. The summed E-state index contributed by atoms with van der Waals surface area (Å²) >= 11 is 0. The number of pyridine rings is 1. The van der Waals surface area contributed by atoms with Gasteiger partial charge >= 0.3 is 12.1 Å². The first-order chi connectivity index (χ1) is 11.7. The van der Waals surface area contributed by atoms with Gasteiger partial charge in [-0.25, -0.2) is 13.2 Å². The van der Waals surface area contributed by atoms with E-state index in [0.29, 0.717) is 12.3 Å². The largest absolute Gasteiger partial charge is 0.479 e. The minimum atomic E-state index is -4.73. The van der Waals surface area contributed by atoms with Crippen LogP contribution in [-0.4, -0.2) is 35.8 Å². The number of halogens is 3. The van der Waals surface area contributed by atoms with Crippen molar-refractivity contribution in [3.05, 3.63) is 47.8 Å². The number of rotatable bonds is 4. The van der Waals surface area contributed by atoms with Gasteiger partial charge in [-0.3, -0.25) is 4.98 Å². The van der Waals surface area contributed by atoms with Gasteiger partial charge in [-0.05, 0) is 30.7 Å². The average Bonchev–Trinajstić information content (AvgIpc) is 2.52. The highest BCUT2D eigenvalue weighted by molar-refractivity contribution is 7.90. The topological polar surface area (TPSA) is 105 Å². The third-order valence-electron chi connectivity index (χ3n) is 3.69. The monoisotopic (exact) mass is 389 g/mol. The number of nitrogens with zero attached hydrogens (tertiary/aromatic N) is 1. The Morgan fingerprint density at radius 3 is 2.12 bits per heavy atom. The second-order valence-electron chi connectivity index (χ2n) is 5.79. The third-order valence-corrected chi connectivity index (χ3v) is 4.81. The van der Waals surface area contributed by atoms with Crippen LogP contribution in [0.3, 0.4) is 0 Å². The van der Waals surface area contributed by atoms with Gasteiger partial charge in [0, 0.05) is 18.0 Å². The predicted octanol–water partition coefficient (Wildman–Crippen LogP) is 2.46. The fourth-order valence-electron chi connectivity index (χ4n) is 2.21. The summed E-state index contributed by atoms with van der Waals surface area (Å²) < 4.78 is 62.0. The Morgan fingerprint density at radius 2 is 1.69 bits per heavy atom. The van der Waals surface area contributed by atoms with Crippen molar-refractivity contribution in [2.24, 2.45) is 0 Å². The molecule has 26 heavy (non-hydrogen) atoms. The van der Waals surface area contributed by atoms with E-state index in [2.05, 4.69) is 4.98 Å². The molecule has 0 bridgehead atoms. The summed E-state index contributed by atoms with van der Waals surface area (Å²) in [7, 11) is -3.52. The van der Waals surface area contributed by atoms with Crippen LogP contribution >= 0.6 is 0 Å². The maximum absolute atomic E-state index is 13.0. The second kappa shape index (κ2) is 6.36. The lowest BCUT2D eigenvalue weighted by Crippen LogP contribution is -2.33. The number of aliphatic hydroxyl groups is 1. The molecule has 0 aliphatic heterocycles. The lowest BCUT2D eigenvalue weighted by atomic mass is 9.92. The van der Waals surface area contributed by atoms with Crippen molar-refractivity contribution in [3.8, 4) is 11.1 Å². The van der Waals surface area contributed by atoms with Crippen LogP contribution in [0.5, 0.6) is 0 Å². The molecule has 0 amide bonds. The Morgan fingerprint density at radius 1 is 1.15 bits per heavy atom. The molecule has 1 aromatic heterocycles. The summed E-state index contributed by atoms with van der Waals surface area (Å²) in [5.74, 6) is -1.70. The van der Waals surface area contributed by atoms with E-state index in [9.17, 15) is 31.5 Å². The maximum Gasteiger partial charge on any atom is 0.417 e. The summed E-state index contributed by atoms with van der Waals surface area (Å²) in [5.41, 5.74) is -4.37. The summed E-state index contributed by atoms with van der Waals surface area (Å²) in [6, 6.07) is 5.44. The number of carbonyl (C=O) groups is 1. The number of aliphatic carboxylic acids is 1. The average molecular weight is 389 g/mol. The van der Waals surface area contributed by atoms with E-state index in [0.717, 1.165) is 13.2 Å². The number of hydrogen-bond acceptors (Lipinski definition) is 5. The molecule has 10 heteroatoms. The Kier molecular flexibility index (Phi) is 4.86. The van der Waals surface area contributed by atoms with Crippen molar-refractivity contribution in [2.45, 2.75) is 23.6 Å². The fourth-order valence-corrected chi connectivity index (χ4v) is 2.84. The van der Waals surface area contributed by atoms with Gasteiger partial charge in [-0.1, -0.05) is 12.1 Å². The van der Waals surface area contributed by atoms with E-state index in [1.54, 1.807) is 0 Å². The molecule has 140 valence electrons. The number of hydrogen-bond donors (Lipinski definition) is 2. The van der Waals surface area contributed by atoms with Crippen LogP contribution in [0.25, 0.3) is 11.1 Å². The summed E-state index contributed by atoms with van der Waals surface area (Å²) in [6.07, 6.45) is -3.34. The van der Waals surface area contributed by atoms with Gasteiger partial charge in [0.1, 0.15) is 0 Å². The smallest absolute Gasteiger partial charge is 0.417 e. The van der Waals surface area contributed by atoms with Crippen molar-refractivity contribution in [1.29, 1.82) is 0 Å². The highest BCUT2D eigenvalue weighted by atomic mass is 32.2. The molecule has 0 radical (unpaired) electrons. The van der Waals surface area contributed by atoms with E-state index >= 15 is 0 Å². The third kappa shape index (κ3) is 3.86. The molecule has 0 aliphatic carbocycles. The van der Waals surface area contributed by atoms with Gasteiger partial charge in [-0.15, -0.1) is 0 Å². The Hall–Kier alpha value is -2.46. The summed E-state index contributed by atoms with van der Waals surface area (Å²) in [4.78, 5) is 14.7. The Bertz CT molecular complexity index is 951. The van der Waals surface area contributed by atoms with Gasteiger partial charge in [0.2, 0.25) is 5.60 Å². The van der Waals surface area contributed by atoms with Crippen molar-refractivity contribution < 1.29 is 36.6 Å². The molecule has 1 unspecified atom stereocenters. The molecule has 0 saturated carbocycles. The number of carboxylic acid groups (broad SMARTS) is 1. The van der Waals surface area contributed by atoms with Gasteiger partial charge in [-0.2, -0.15) is 13.2 Å². The predicted molar refractivity (Wildman–Crippen MR) is 85.0 cm³/mol. The number of alkyl halides is 3. The molecule has 2 N–H and O–H groups in total. The Balaban J connectivity index is 2.73. The van der Waals surface area contributed by atoms with Gasteiger partial charge < -0.3 is 10.2 Å². The number of benzene rings is 1. The van der Waals surface area contributed by atoms with Gasteiger partial charge in [0.05, 0.1) is 16.2 Å². The molecule has 0 fully saturated rings. The van der Waals surface area contributed by atoms with Gasteiger partial charge in [0.15, 0.2) is 9.84 Å². The molecule has 0 saturated heterocycles. The first-order valence-electron chi connectivity index (χ1n) is 7.08. The van der Waals surface area contributed by atoms with Crippen LogP contribution in [0.15, 0.2) is 41.4 Å². The number of carboxylic acids is 1. The highest BCUT2D eigenvalue weighted by Gasteiger charge is 2.39. The zero-order valence-electron chi connectivity index (χ0n) is 13.6. The Labute approximate surface area is 146 Å². The number of aromatic nitrogens is 1. The molecular weight excluding hydrogens is 375 g/mol. The van der Waals surface area contributed by atoms with E-state index in [4.69, 9.17) is 5.11 Å². The van der Waals surface area contributed by atoms with Crippen LogP contribution in [0.4, 0.5) is 13.2 Å². The van der Waals surface area contributed by atoms with Crippen molar-refractivity contribution in [3.63, 3.8) is 0 Å².